The molecule has 1 heterocycles. The number of nitrogens with zero attached hydrogens (tertiary/aromatic N) is 3. The van der Waals surface area contributed by atoms with Crippen molar-refractivity contribution in [3.05, 3.63) is 62.1 Å². The molecule has 1 aliphatic rings. The highest BCUT2D eigenvalue weighted by molar-refractivity contribution is 9.10. The van der Waals surface area contributed by atoms with Crippen LogP contribution >= 0.6 is 15.9 Å². The summed E-state index contributed by atoms with van der Waals surface area (Å²) in [7, 11) is 0. The Kier molecular flexibility index (Phi) is 4.09. The number of halogens is 1. The molecule has 2 aromatic carbocycles. The van der Waals surface area contributed by atoms with Crippen LogP contribution in [0.15, 0.2) is 51.1 Å². The molecule has 0 bridgehead atoms. The number of anilines is 1. The van der Waals surface area contributed by atoms with E-state index in [0.29, 0.717) is 16.8 Å². The lowest BCUT2D eigenvalue weighted by Crippen LogP contribution is -2.13. The Morgan fingerprint density at radius 2 is 2.04 bits per heavy atom. The van der Waals surface area contributed by atoms with Gasteiger partial charge in [0.05, 0.1) is 16.8 Å². The van der Waals surface area contributed by atoms with Crippen LogP contribution in [0, 0.1) is 10.1 Å². The molecular weight excluding hydrogens is 380 g/mol. The summed E-state index contributed by atoms with van der Waals surface area (Å²) < 4.78 is 0.795. The van der Waals surface area contributed by atoms with E-state index in [1.807, 2.05) is 0 Å². The van der Waals surface area contributed by atoms with Crippen LogP contribution in [0.5, 0.6) is 5.75 Å². The van der Waals surface area contributed by atoms with E-state index in [0.717, 1.165) is 10.5 Å². The number of benzene rings is 2. The Morgan fingerprint density at radius 3 is 2.79 bits per heavy atom. The molecule has 8 nitrogen and oxygen atoms in total. The predicted octanol–water partition coefficient (Wildman–Crippen LogP) is 2.84. The fraction of sp³-hybridized carbons (Fsp3) is 0. The number of carbonyl (C=O) groups excluding carboxylic acids is 1. The molecule has 2 N–H and O–H groups in total. The van der Waals surface area contributed by atoms with Gasteiger partial charge < -0.3 is 10.4 Å². The molecule has 0 atom stereocenters. The molecule has 120 valence electrons. The Hall–Kier alpha value is -3.07. The number of phenolic OH excluding ortho intramolecular Hbond substituents is 1. The number of amides is 1. The van der Waals surface area contributed by atoms with Crippen LogP contribution in [-0.2, 0) is 4.79 Å². The zero-order chi connectivity index (χ0) is 17.3. The molecule has 9 heteroatoms. The van der Waals surface area contributed by atoms with Gasteiger partial charge in [-0.1, -0.05) is 15.9 Å². The third-order valence-corrected chi connectivity index (χ3v) is 3.75. The molecule has 24 heavy (non-hydrogen) atoms. The second kappa shape index (κ2) is 6.20. The standard InChI is InChI=1S/C15H9BrN4O4/c16-9-2-3-11-10(6-9)14(15(22)18-11)19-17-7-8-1-4-13(21)12(5-8)20(23)24/h1-7,21H,(H,18,19,22)/b17-7-. The van der Waals surface area contributed by atoms with E-state index in [4.69, 9.17) is 0 Å². The van der Waals surface area contributed by atoms with Crippen molar-refractivity contribution in [2.45, 2.75) is 0 Å². The van der Waals surface area contributed by atoms with E-state index < -0.39 is 16.4 Å². The molecule has 1 amide bonds. The number of hydrogen-bond donors (Lipinski definition) is 2. The molecule has 0 radical (unpaired) electrons. The summed E-state index contributed by atoms with van der Waals surface area (Å²) in [6.07, 6.45) is 1.27. The van der Waals surface area contributed by atoms with Crippen LogP contribution < -0.4 is 5.32 Å². The monoisotopic (exact) mass is 388 g/mol. The number of nitrogens with one attached hydrogen (secondary N) is 1. The summed E-state index contributed by atoms with van der Waals surface area (Å²) in [4.78, 5) is 22.0. The number of carbonyl (C=O) groups is 1. The number of nitro groups is 1. The minimum atomic E-state index is -0.698. The normalized spacial score (nSPS) is 14.9. The number of fused-ring (bicyclic) bond motifs is 1. The highest BCUT2D eigenvalue weighted by atomic mass is 79.9. The van der Waals surface area contributed by atoms with Crippen molar-refractivity contribution in [2.75, 3.05) is 5.32 Å². The molecule has 0 saturated carbocycles. The Balaban J connectivity index is 1.90. The molecule has 0 aliphatic carbocycles. The second-order valence-corrected chi connectivity index (χ2v) is 5.76. The Morgan fingerprint density at radius 1 is 1.25 bits per heavy atom. The van der Waals surface area contributed by atoms with Crippen molar-refractivity contribution in [2.24, 2.45) is 10.2 Å². The van der Waals surface area contributed by atoms with Gasteiger partial charge in [0, 0.05) is 21.7 Å². The van der Waals surface area contributed by atoms with Gasteiger partial charge in [-0.25, -0.2) is 0 Å². The third kappa shape index (κ3) is 3.01. The summed E-state index contributed by atoms with van der Waals surface area (Å²) in [6.45, 7) is 0. The predicted molar refractivity (Wildman–Crippen MR) is 91.7 cm³/mol. The minimum absolute atomic E-state index is 0.149. The molecule has 2 aromatic rings. The van der Waals surface area contributed by atoms with E-state index in [1.165, 1.54) is 18.3 Å². The summed E-state index contributed by atoms with van der Waals surface area (Å²) in [5.41, 5.74) is 1.34. The number of phenols is 1. The maximum Gasteiger partial charge on any atom is 0.311 e. The largest absolute Gasteiger partial charge is 0.502 e. The van der Waals surface area contributed by atoms with Gasteiger partial charge in [-0.05, 0) is 30.3 Å². The molecule has 0 aromatic heterocycles. The maximum atomic E-state index is 11.9. The zero-order valence-electron chi connectivity index (χ0n) is 11.9. The van der Waals surface area contributed by atoms with E-state index in [9.17, 15) is 20.0 Å². The van der Waals surface area contributed by atoms with Gasteiger partial charge in [0.15, 0.2) is 11.5 Å². The van der Waals surface area contributed by atoms with Crippen molar-refractivity contribution in [1.82, 2.24) is 0 Å². The smallest absolute Gasteiger partial charge is 0.311 e. The fourth-order valence-electron chi connectivity index (χ4n) is 2.14. The first-order valence-corrected chi connectivity index (χ1v) is 7.45. The van der Waals surface area contributed by atoms with Gasteiger partial charge in [0.1, 0.15) is 0 Å². The van der Waals surface area contributed by atoms with Gasteiger partial charge >= 0.3 is 5.69 Å². The first-order valence-electron chi connectivity index (χ1n) is 6.65. The average Bonchev–Trinajstić information content (AvgIpc) is 2.84. The Bertz CT molecular complexity index is 924. The molecule has 0 spiro atoms. The van der Waals surface area contributed by atoms with E-state index in [-0.39, 0.29) is 11.6 Å². The maximum absolute atomic E-state index is 11.9. The molecule has 1 aliphatic heterocycles. The van der Waals surface area contributed by atoms with Gasteiger partial charge in [0.25, 0.3) is 5.91 Å². The molecule has 0 unspecified atom stereocenters. The van der Waals surface area contributed by atoms with Crippen LogP contribution in [0.3, 0.4) is 0 Å². The van der Waals surface area contributed by atoms with Crippen LogP contribution in [0.1, 0.15) is 11.1 Å². The first-order chi connectivity index (χ1) is 11.5. The molecule has 0 fully saturated rings. The molecule has 0 saturated heterocycles. The van der Waals surface area contributed by atoms with Crippen molar-refractivity contribution < 1.29 is 14.8 Å². The van der Waals surface area contributed by atoms with Gasteiger partial charge in [-0.2, -0.15) is 5.10 Å². The van der Waals surface area contributed by atoms with Crippen molar-refractivity contribution in [3.8, 4) is 5.75 Å². The highest BCUT2D eigenvalue weighted by Crippen LogP contribution is 2.27. The number of nitro benzene ring substituents is 1. The van der Waals surface area contributed by atoms with Crippen molar-refractivity contribution in [3.63, 3.8) is 0 Å². The number of hydrogen-bond acceptors (Lipinski definition) is 6. The van der Waals surface area contributed by atoms with Gasteiger partial charge in [-0.3, -0.25) is 14.9 Å². The lowest BCUT2D eigenvalue weighted by atomic mass is 10.1. The summed E-state index contributed by atoms with van der Waals surface area (Å²) in [5.74, 6) is -0.811. The van der Waals surface area contributed by atoms with E-state index in [2.05, 4.69) is 31.4 Å². The third-order valence-electron chi connectivity index (χ3n) is 3.26. The minimum Gasteiger partial charge on any atom is -0.502 e. The van der Waals surface area contributed by atoms with Gasteiger partial charge in [0.2, 0.25) is 0 Å². The fourth-order valence-corrected chi connectivity index (χ4v) is 2.51. The van der Waals surface area contributed by atoms with Crippen LogP contribution in [-0.4, -0.2) is 27.9 Å². The second-order valence-electron chi connectivity index (χ2n) is 4.84. The summed E-state index contributed by atoms with van der Waals surface area (Å²) in [5, 5.41) is 30.6. The first kappa shape index (κ1) is 15.8. The average molecular weight is 389 g/mol. The highest BCUT2D eigenvalue weighted by Gasteiger charge is 2.26. The lowest BCUT2D eigenvalue weighted by molar-refractivity contribution is -0.385. The summed E-state index contributed by atoms with van der Waals surface area (Å²) >= 11 is 3.33. The lowest BCUT2D eigenvalue weighted by Gasteiger charge is -1.97. The molecular formula is C15H9BrN4O4. The summed E-state index contributed by atoms with van der Waals surface area (Å²) in [6, 6.07) is 9.09. The van der Waals surface area contributed by atoms with Gasteiger partial charge in [-0.15, -0.1) is 5.10 Å². The van der Waals surface area contributed by atoms with E-state index >= 15 is 0 Å². The Labute approximate surface area is 143 Å². The van der Waals surface area contributed by atoms with E-state index in [1.54, 1.807) is 18.2 Å². The van der Waals surface area contributed by atoms with Crippen LogP contribution in [0.25, 0.3) is 0 Å². The zero-order valence-corrected chi connectivity index (χ0v) is 13.5. The van der Waals surface area contributed by atoms with Crippen molar-refractivity contribution >= 4 is 45.1 Å². The SMILES string of the molecule is O=C1Nc2ccc(Br)cc2/C1=N/N=C\c1ccc(O)c([N+](=O)[O-])c1. The van der Waals surface area contributed by atoms with Crippen molar-refractivity contribution in [1.29, 1.82) is 0 Å². The topological polar surface area (TPSA) is 117 Å². The quantitative estimate of drug-likeness (QED) is 0.477. The molecule has 3 rings (SSSR count). The van der Waals surface area contributed by atoms with Crippen LogP contribution in [0.2, 0.25) is 0 Å². The number of aromatic hydroxyl groups is 1. The van der Waals surface area contributed by atoms with Crippen LogP contribution in [0.4, 0.5) is 11.4 Å². The number of rotatable bonds is 3.